The Balaban J connectivity index is 0. The van der Waals surface area contributed by atoms with E-state index < -0.39 is 29.2 Å². The molecule has 348 valence electrons. The third-order valence-electron chi connectivity index (χ3n) is 8.35. The van der Waals surface area contributed by atoms with Gasteiger partial charge in [0.25, 0.3) is 0 Å². The van der Waals surface area contributed by atoms with Crippen LogP contribution in [0.3, 0.4) is 0 Å². The average Bonchev–Trinajstić information content (AvgIpc) is 3.29. The predicted molar refractivity (Wildman–Crippen MR) is 222 cm³/mol. The van der Waals surface area contributed by atoms with Gasteiger partial charge < -0.3 is 15.4 Å². The van der Waals surface area contributed by atoms with Crippen molar-refractivity contribution in [2.75, 3.05) is 77.6 Å². The number of hydrogen-bond donors (Lipinski definition) is 2. The molecule has 2 aromatic heterocycles. The monoisotopic (exact) mass is 886 g/mol. The number of amides is 12. The van der Waals surface area contributed by atoms with Crippen LogP contribution in [0, 0.1) is 0 Å². The second kappa shape index (κ2) is 25.1. The van der Waals surface area contributed by atoms with Crippen molar-refractivity contribution >= 4 is 48.1 Å². The number of imide groups is 4. The molecule has 0 spiro atoms. The summed E-state index contributed by atoms with van der Waals surface area (Å²) >= 11 is 0. The van der Waals surface area contributed by atoms with Crippen LogP contribution in [0.4, 0.5) is 28.8 Å². The van der Waals surface area contributed by atoms with E-state index in [1.807, 2.05) is 0 Å². The fraction of sp³-hybridized carbons (Fsp3) is 0.576. The van der Waals surface area contributed by atoms with Crippen LogP contribution < -0.4 is 44.7 Å². The Labute approximate surface area is 354 Å². The third-order valence-corrected chi connectivity index (χ3v) is 8.35. The summed E-state index contributed by atoms with van der Waals surface area (Å²) in [6.07, 6.45) is -0.330. The van der Waals surface area contributed by atoms with Crippen LogP contribution >= 0.6 is 0 Å². The Morgan fingerprint density at radius 1 is 0.516 bits per heavy atom. The number of guanidine groups is 1. The first-order valence-electron chi connectivity index (χ1n) is 17.7. The molecule has 2 aliphatic heterocycles. The largest absolute Gasteiger partial charge is 0.452 e. The Hall–Kier alpha value is -7.62. The summed E-state index contributed by atoms with van der Waals surface area (Å²) in [5, 5.41) is 4.61. The molecule has 29 nitrogen and oxygen atoms in total. The lowest BCUT2D eigenvalue weighted by Crippen LogP contribution is -2.60. The zero-order valence-electron chi connectivity index (χ0n) is 38.3. The molecule has 0 bridgehead atoms. The molecule has 0 atom stereocenters. The number of methoxy groups -OCH3 is 1. The number of hydrogen-bond acceptors (Lipinski definition) is 15. The maximum atomic E-state index is 11.4. The van der Waals surface area contributed by atoms with Crippen LogP contribution in [0.15, 0.2) is 34.0 Å². The number of rotatable bonds is 1. The SMILES string of the molecule is CCC(=O)N(C)C(=O)NC.CN1C(=O)N(C)C1=O.CN=C1N(C)C(=O)N1C.CN=c1n(C)c(=O)n(C)c(=O)n1C.CNC(=O)N(C)C(=O)OC.Cn1c(=O)n(C)c(=O)n(C)c1=O. The van der Waals surface area contributed by atoms with Gasteiger partial charge in [0.1, 0.15) is 0 Å². The van der Waals surface area contributed by atoms with E-state index in [1.54, 1.807) is 42.2 Å². The topological polar surface area (TPSA) is 312 Å². The zero-order valence-corrected chi connectivity index (χ0v) is 38.3. The number of ether oxygens (including phenoxy) is 1. The fourth-order valence-electron chi connectivity index (χ4n) is 4.50. The smallest absolute Gasteiger partial charge is 0.417 e. The van der Waals surface area contributed by atoms with Gasteiger partial charge in [0.15, 0.2) is 0 Å². The van der Waals surface area contributed by atoms with Crippen LogP contribution in [0.1, 0.15) is 13.3 Å². The van der Waals surface area contributed by atoms with Crippen LogP contribution in [0.25, 0.3) is 0 Å². The van der Waals surface area contributed by atoms with Crippen molar-refractivity contribution in [3.63, 3.8) is 0 Å². The Kier molecular flexibility index (Phi) is 22.9. The quantitative estimate of drug-likeness (QED) is 0.277. The van der Waals surface area contributed by atoms with Gasteiger partial charge in [0.2, 0.25) is 17.5 Å². The zero-order chi connectivity index (χ0) is 49.3. The van der Waals surface area contributed by atoms with E-state index >= 15 is 0 Å². The molecule has 4 heterocycles. The van der Waals surface area contributed by atoms with E-state index in [1.165, 1.54) is 104 Å². The highest BCUT2D eigenvalue weighted by atomic mass is 16.5. The molecule has 0 saturated carbocycles. The summed E-state index contributed by atoms with van der Waals surface area (Å²) in [6, 6.07) is -1.35. The molecule has 0 radical (unpaired) electrons. The molecule has 4 rings (SSSR count). The molecule has 2 saturated heterocycles. The van der Waals surface area contributed by atoms with Crippen molar-refractivity contribution in [2.24, 2.45) is 52.3 Å². The number of aromatic nitrogens is 6. The van der Waals surface area contributed by atoms with Gasteiger partial charge in [-0.25, -0.2) is 85.7 Å². The van der Waals surface area contributed by atoms with Gasteiger partial charge >= 0.3 is 64.7 Å². The van der Waals surface area contributed by atoms with Crippen molar-refractivity contribution in [3.05, 3.63) is 58.0 Å². The molecule has 0 aromatic carbocycles. The minimum Gasteiger partial charge on any atom is -0.452 e. The molecule has 29 heteroatoms. The first kappa shape index (κ1) is 56.5. The Morgan fingerprint density at radius 2 is 0.806 bits per heavy atom. The summed E-state index contributed by atoms with van der Waals surface area (Å²) in [5.41, 5.74) is -2.21. The van der Waals surface area contributed by atoms with Gasteiger partial charge in [-0.2, -0.15) is 0 Å². The van der Waals surface area contributed by atoms with Crippen LogP contribution in [-0.2, 0) is 51.8 Å². The second-order valence-electron chi connectivity index (χ2n) is 12.3. The molecule has 0 unspecified atom stereocenters. The van der Waals surface area contributed by atoms with Crippen LogP contribution in [0.5, 0.6) is 0 Å². The Bertz CT molecular complexity index is 2150. The average molecular weight is 887 g/mol. The highest BCUT2D eigenvalue weighted by molar-refractivity contribution is 6.13. The first-order valence-corrected chi connectivity index (χ1v) is 17.7. The number of carbonyl (C=O) groups excluding carboxylic acids is 7. The van der Waals surface area contributed by atoms with Gasteiger partial charge in [0.05, 0.1) is 7.11 Å². The standard InChI is InChI=1S/C7H12N4O2.C6H9N3O3.C6H12N2O2.C5H9N3O.C5H10N2O3.C4H6N2O2/c1-8-5-9(2)6(12)11(4)7(13)10(5)3;1-7-4(10)8(2)6(12)9(3)5(7)11;1-4-5(9)8(3)6(10)7-2;1-6-4-7(2)5(9)8(4)3;1-6-4(8)7(2)5(9)10-3;1-5-3(7)6(2)4(5)8/h1-4H3;1-3H3;4H2,1-3H3,(H,7,10);1-3H3;1-3H3,(H,6,8);1-2H3. The van der Waals surface area contributed by atoms with Crippen LogP contribution in [0.2, 0.25) is 0 Å². The lowest BCUT2D eigenvalue weighted by molar-refractivity contribution is -0.126. The van der Waals surface area contributed by atoms with Gasteiger partial charge in [-0.15, -0.1) is 0 Å². The van der Waals surface area contributed by atoms with Crippen molar-refractivity contribution < 1.29 is 38.3 Å². The molecule has 2 N–H and O–H groups in total. The predicted octanol–water partition coefficient (Wildman–Crippen LogP) is -3.97. The van der Waals surface area contributed by atoms with Gasteiger partial charge in [-0.1, -0.05) is 6.92 Å². The number of nitrogens with zero attached hydrogens (tertiary/aromatic N) is 14. The lowest BCUT2D eigenvalue weighted by atomic mass is 10.4. The normalized spacial score (nSPS) is 12.0. The molecule has 12 amide bonds. The van der Waals surface area contributed by atoms with E-state index in [0.717, 1.165) is 43.8 Å². The van der Waals surface area contributed by atoms with Crippen molar-refractivity contribution in [1.29, 1.82) is 0 Å². The first-order chi connectivity index (χ1) is 28.5. The third kappa shape index (κ3) is 13.7. The highest BCUT2D eigenvalue weighted by Gasteiger charge is 2.37. The Morgan fingerprint density at radius 3 is 1.03 bits per heavy atom. The second-order valence-corrected chi connectivity index (χ2v) is 12.3. The maximum absolute atomic E-state index is 11.4. The van der Waals surface area contributed by atoms with E-state index in [0.29, 0.717) is 12.0 Å². The number of aliphatic imine (C=N–C) groups is 1. The number of carbonyl (C=O) groups is 7. The van der Waals surface area contributed by atoms with E-state index in [9.17, 15) is 57.5 Å². The van der Waals surface area contributed by atoms with Crippen LogP contribution in [-0.4, -0.2) is 183 Å². The number of nitrogens with one attached hydrogen (secondary N) is 2. The molecule has 0 aliphatic carbocycles. The highest BCUT2D eigenvalue weighted by Crippen LogP contribution is 2.09. The summed E-state index contributed by atoms with van der Waals surface area (Å²) in [6.45, 7) is 1.71. The molecule has 2 fully saturated rings. The van der Waals surface area contributed by atoms with Crippen molar-refractivity contribution in [3.8, 4) is 0 Å². The van der Waals surface area contributed by atoms with Crippen molar-refractivity contribution in [2.45, 2.75) is 13.3 Å². The summed E-state index contributed by atoms with van der Waals surface area (Å²) in [4.78, 5) is 145. The molecular formula is C33H58N16O13. The lowest BCUT2D eigenvalue weighted by Gasteiger charge is -2.37. The molecular weight excluding hydrogens is 828 g/mol. The minimum absolute atomic E-state index is 0.00407. The molecule has 62 heavy (non-hydrogen) atoms. The number of urea groups is 5. The van der Waals surface area contributed by atoms with Gasteiger partial charge in [0, 0.05) is 119 Å². The van der Waals surface area contributed by atoms with Gasteiger partial charge in [-0.3, -0.25) is 38.6 Å². The van der Waals surface area contributed by atoms with E-state index in [-0.39, 0.29) is 41.4 Å². The summed E-state index contributed by atoms with van der Waals surface area (Å²) < 4.78 is 10.6. The summed E-state index contributed by atoms with van der Waals surface area (Å²) in [5.74, 6) is 0.541. The van der Waals surface area contributed by atoms with E-state index in [2.05, 4.69) is 25.4 Å². The maximum Gasteiger partial charge on any atom is 0.417 e. The molecule has 2 aromatic rings. The van der Waals surface area contributed by atoms with Crippen molar-refractivity contribution in [1.82, 2.24) is 67.4 Å². The fourth-order valence-corrected chi connectivity index (χ4v) is 4.50. The summed E-state index contributed by atoms with van der Waals surface area (Å²) in [7, 11) is 24.9. The molecule has 2 aliphatic rings. The van der Waals surface area contributed by atoms with Gasteiger partial charge in [-0.05, 0) is 0 Å². The minimum atomic E-state index is -0.681. The van der Waals surface area contributed by atoms with E-state index in [4.69, 9.17) is 0 Å².